The Balaban J connectivity index is 1.89. The summed E-state index contributed by atoms with van der Waals surface area (Å²) in [6, 6.07) is 24.0. The van der Waals surface area contributed by atoms with E-state index < -0.39 is 6.04 Å². The van der Waals surface area contributed by atoms with Gasteiger partial charge >= 0.3 is 0 Å². The molecule has 0 aliphatic carbocycles. The van der Waals surface area contributed by atoms with Crippen LogP contribution in [0.5, 0.6) is 5.75 Å². The summed E-state index contributed by atoms with van der Waals surface area (Å²) in [4.78, 5) is 28.6. The lowest BCUT2D eigenvalue weighted by atomic mass is 10.0. The molecular formula is C29H33ClN2O3. The largest absolute Gasteiger partial charge is 0.484 e. The molecule has 6 heteroatoms. The molecule has 3 rings (SSSR count). The molecule has 5 nitrogen and oxygen atoms in total. The van der Waals surface area contributed by atoms with Gasteiger partial charge in [0.05, 0.1) is 0 Å². The van der Waals surface area contributed by atoms with Crippen molar-refractivity contribution in [1.82, 2.24) is 10.2 Å². The minimum atomic E-state index is -0.687. The molecule has 0 aliphatic rings. The first kappa shape index (κ1) is 26.3. The molecule has 0 spiro atoms. The van der Waals surface area contributed by atoms with Crippen molar-refractivity contribution in [1.29, 1.82) is 0 Å². The van der Waals surface area contributed by atoms with E-state index in [1.165, 1.54) is 0 Å². The lowest BCUT2D eigenvalue weighted by molar-refractivity contribution is -0.142. The van der Waals surface area contributed by atoms with Gasteiger partial charge < -0.3 is 15.0 Å². The van der Waals surface area contributed by atoms with Gasteiger partial charge in [0.2, 0.25) is 5.91 Å². The fourth-order valence-electron chi connectivity index (χ4n) is 3.65. The van der Waals surface area contributed by atoms with Crippen molar-refractivity contribution in [2.45, 2.75) is 39.8 Å². The quantitative estimate of drug-likeness (QED) is 0.387. The average Bonchev–Trinajstić information content (AvgIpc) is 2.85. The zero-order chi connectivity index (χ0) is 25.2. The second-order valence-electron chi connectivity index (χ2n) is 9.10. The number of hydrogen-bond acceptors (Lipinski definition) is 3. The van der Waals surface area contributed by atoms with Crippen molar-refractivity contribution in [3.8, 4) is 5.75 Å². The summed E-state index contributed by atoms with van der Waals surface area (Å²) in [7, 11) is 0. The maximum absolute atomic E-state index is 13.5. The molecule has 35 heavy (non-hydrogen) atoms. The number of nitrogens with one attached hydrogen (secondary N) is 1. The monoisotopic (exact) mass is 492 g/mol. The second kappa shape index (κ2) is 13.0. The highest BCUT2D eigenvalue weighted by atomic mass is 35.5. The van der Waals surface area contributed by atoms with Crippen LogP contribution in [-0.4, -0.2) is 35.9 Å². The van der Waals surface area contributed by atoms with Crippen LogP contribution < -0.4 is 10.1 Å². The third-order valence-corrected chi connectivity index (χ3v) is 5.82. The average molecular weight is 493 g/mol. The van der Waals surface area contributed by atoms with Gasteiger partial charge in [-0.3, -0.25) is 9.59 Å². The van der Waals surface area contributed by atoms with Crippen LogP contribution >= 0.6 is 11.6 Å². The fourth-order valence-corrected chi connectivity index (χ4v) is 3.83. The Kier molecular flexibility index (Phi) is 9.74. The number of aryl methyl sites for hydroxylation is 1. The van der Waals surface area contributed by atoms with Crippen LogP contribution in [0.4, 0.5) is 0 Å². The molecular weight excluding hydrogens is 460 g/mol. The van der Waals surface area contributed by atoms with E-state index in [0.717, 1.165) is 16.7 Å². The van der Waals surface area contributed by atoms with Crippen LogP contribution in [0.2, 0.25) is 5.02 Å². The lowest BCUT2D eigenvalue weighted by Crippen LogP contribution is -2.52. The first-order valence-corrected chi connectivity index (χ1v) is 12.2. The van der Waals surface area contributed by atoms with Crippen LogP contribution in [0.25, 0.3) is 0 Å². The van der Waals surface area contributed by atoms with Crippen molar-refractivity contribution in [2.75, 3.05) is 13.2 Å². The maximum Gasteiger partial charge on any atom is 0.261 e. The summed E-state index contributed by atoms with van der Waals surface area (Å²) >= 11 is 6.06. The van der Waals surface area contributed by atoms with Crippen molar-refractivity contribution in [3.05, 3.63) is 101 Å². The van der Waals surface area contributed by atoms with Crippen molar-refractivity contribution >= 4 is 23.4 Å². The predicted octanol–water partition coefficient (Wildman–Crippen LogP) is 5.44. The molecule has 0 unspecified atom stereocenters. The molecule has 0 fully saturated rings. The van der Waals surface area contributed by atoms with E-state index in [2.05, 4.69) is 5.32 Å². The summed E-state index contributed by atoms with van der Waals surface area (Å²) in [6.45, 7) is 6.74. The second-order valence-corrected chi connectivity index (χ2v) is 9.53. The topological polar surface area (TPSA) is 58.6 Å². The molecule has 0 saturated carbocycles. The Hall–Kier alpha value is -3.31. The number of amides is 2. The third-order valence-electron chi connectivity index (χ3n) is 5.59. The smallest absolute Gasteiger partial charge is 0.261 e. The summed E-state index contributed by atoms with van der Waals surface area (Å²) in [6.07, 6.45) is 0.402. The van der Waals surface area contributed by atoms with Crippen molar-refractivity contribution in [3.63, 3.8) is 0 Å². The number of hydrogen-bond donors (Lipinski definition) is 1. The molecule has 1 N–H and O–H groups in total. The summed E-state index contributed by atoms with van der Waals surface area (Å²) in [5, 5.41) is 3.55. The van der Waals surface area contributed by atoms with Crippen molar-refractivity contribution in [2.24, 2.45) is 5.92 Å². The molecule has 0 heterocycles. The van der Waals surface area contributed by atoms with E-state index in [0.29, 0.717) is 36.2 Å². The third kappa shape index (κ3) is 8.45. The van der Waals surface area contributed by atoms with Crippen LogP contribution in [0.3, 0.4) is 0 Å². The molecule has 0 radical (unpaired) electrons. The van der Waals surface area contributed by atoms with E-state index in [4.69, 9.17) is 16.3 Å². The highest BCUT2D eigenvalue weighted by molar-refractivity contribution is 6.30. The Labute approximate surface area is 213 Å². The van der Waals surface area contributed by atoms with E-state index >= 15 is 0 Å². The number of benzene rings is 3. The van der Waals surface area contributed by atoms with Gasteiger partial charge in [0, 0.05) is 24.5 Å². The van der Waals surface area contributed by atoms with Gasteiger partial charge in [-0.2, -0.15) is 0 Å². The molecule has 1 atom stereocenters. The molecule has 2 amide bonds. The standard InChI is InChI=1S/C29H33ClN2O3/c1-21(2)18-31-29(34)27(16-23-8-5-4-6-9-23)32(19-24-14-12-22(3)13-15-24)28(33)20-35-26-11-7-10-25(30)17-26/h4-15,17,21,27H,16,18-20H2,1-3H3,(H,31,34)/t27-/m0/s1. The van der Waals surface area contributed by atoms with Crippen LogP contribution in [-0.2, 0) is 22.6 Å². The van der Waals surface area contributed by atoms with Crippen LogP contribution in [0, 0.1) is 12.8 Å². The van der Waals surface area contributed by atoms with E-state index in [1.54, 1.807) is 29.2 Å². The normalized spacial score (nSPS) is 11.7. The number of carbonyl (C=O) groups excluding carboxylic acids is 2. The Bertz CT molecular complexity index is 1100. The Morgan fingerprint density at radius 1 is 0.943 bits per heavy atom. The highest BCUT2D eigenvalue weighted by Crippen LogP contribution is 2.19. The van der Waals surface area contributed by atoms with Crippen LogP contribution in [0.1, 0.15) is 30.5 Å². The Morgan fingerprint density at radius 2 is 1.66 bits per heavy atom. The zero-order valence-corrected chi connectivity index (χ0v) is 21.3. The number of carbonyl (C=O) groups is 2. The molecule has 3 aromatic carbocycles. The lowest BCUT2D eigenvalue weighted by Gasteiger charge is -2.31. The van der Waals surface area contributed by atoms with Gasteiger partial charge in [0.1, 0.15) is 11.8 Å². The van der Waals surface area contributed by atoms with Gasteiger partial charge in [0.25, 0.3) is 5.91 Å². The van der Waals surface area contributed by atoms with Gasteiger partial charge in [0.15, 0.2) is 6.61 Å². The van der Waals surface area contributed by atoms with E-state index in [9.17, 15) is 9.59 Å². The number of nitrogens with zero attached hydrogens (tertiary/aromatic N) is 1. The summed E-state index contributed by atoms with van der Waals surface area (Å²) < 4.78 is 5.76. The molecule has 3 aromatic rings. The minimum absolute atomic E-state index is 0.175. The first-order valence-electron chi connectivity index (χ1n) is 11.9. The first-order chi connectivity index (χ1) is 16.8. The van der Waals surface area contributed by atoms with Gasteiger partial charge in [-0.05, 0) is 42.2 Å². The van der Waals surface area contributed by atoms with Gasteiger partial charge in [-0.15, -0.1) is 0 Å². The summed E-state index contributed by atoms with van der Waals surface area (Å²) in [5.41, 5.74) is 3.06. The van der Waals surface area contributed by atoms with Crippen LogP contribution in [0.15, 0.2) is 78.9 Å². The number of rotatable bonds is 11. The summed E-state index contributed by atoms with van der Waals surface area (Å²) in [5.74, 6) is 0.352. The molecule has 184 valence electrons. The molecule has 0 aliphatic heterocycles. The Morgan fingerprint density at radius 3 is 2.31 bits per heavy atom. The van der Waals surface area contributed by atoms with Crippen molar-refractivity contribution < 1.29 is 14.3 Å². The molecule has 0 aromatic heterocycles. The highest BCUT2D eigenvalue weighted by Gasteiger charge is 2.30. The zero-order valence-electron chi connectivity index (χ0n) is 20.5. The molecule has 0 bridgehead atoms. The predicted molar refractivity (Wildman–Crippen MR) is 140 cm³/mol. The van der Waals surface area contributed by atoms with E-state index in [-0.39, 0.29) is 18.4 Å². The fraction of sp³-hybridized carbons (Fsp3) is 0.310. The number of ether oxygens (including phenoxy) is 1. The van der Waals surface area contributed by atoms with Gasteiger partial charge in [-0.1, -0.05) is 91.7 Å². The maximum atomic E-state index is 13.5. The SMILES string of the molecule is Cc1ccc(CN(C(=O)COc2cccc(Cl)c2)[C@@H](Cc2ccccc2)C(=O)NCC(C)C)cc1. The minimum Gasteiger partial charge on any atom is -0.484 e. The van der Waals surface area contributed by atoms with E-state index in [1.807, 2.05) is 75.4 Å². The van der Waals surface area contributed by atoms with Gasteiger partial charge in [-0.25, -0.2) is 0 Å². The molecule has 0 saturated heterocycles. The number of halogens is 1.